The number of hydrogen-bond donors (Lipinski definition) is 1. The van der Waals surface area contributed by atoms with Gasteiger partial charge >= 0.3 is 0 Å². The van der Waals surface area contributed by atoms with E-state index in [1.807, 2.05) is 0 Å². The Morgan fingerprint density at radius 2 is 1.77 bits per heavy atom. The number of benzene rings is 2. The van der Waals surface area contributed by atoms with Crippen molar-refractivity contribution >= 4 is 46.4 Å². The van der Waals surface area contributed by atoms with Crippen LogP contribution in [0.25, 0.3) is 5.69 Å². The standard InChI is InChI=1S/C22H18Cl3N3O3/c23-13-4-5-18(16(25)8-13)28-21(12-2-3-12)14(11-26-28)22(29)27-17-10-20-19(9-15(17)24)30-6-1-7-31-20/h4-5,8-12H,1-3,6-7H2,(H,27,29). The second kappa shape index (κ2) is 8.26. The van der Waals surface area contributed by atoms with Crippen molar-refractivity contribution < 1.29 is 14.3 Å². The number of anilines is 1. The highest BCUT2D eigenvalue weighted by atomic mass is 35.5. The number of rotatable bonds is 4. The first-order valence-corrected chi connectivity index (χ1v) is 11.1. The Bertz CT molecular complexity index is 1170. The lowest BCUT2D eigenvalue weighted by Crippen LogP contribution is -2.15. The van der Waals surface area contributed by atoms with Crippen molar-refractivity contribution in [2.45, 2.75) is 25.2 Å². The van der Waals surface area contributed by atoms with E-state index < -0.39 is 0 Å². The Hall–Kier alpha value is -2.41. The van der Waals surface area contributed by atoms with Gasteiger partial charge in [0, 0.05) is 29.5 Å². The zero-order valence-corrected chi connectivity index (χ0v) is 18.6. The Kier molecular flexibility index (Phi) is 5.46. The fourth-order valence-electron chi connectivity index (χ4n) is 3.60. The second-order valence-corrected chi connectivity index (χ2v) is 8.76. The maximum Gasteiger partial charge on any atom is 0.259 e. The lowest BCUT2D eigenvalue weighted by atomic mass is 10.1. The number of halogens is 3. The Morgan fingerprint density at radius 1 is 1.03 bits per heavy atom. The first-order valence-electron chi connectivity index (χ1n) is 9.95. The number of ether oxygens (including phenoxy) is 2. The number of hydrogen-bond acceptors (Lipinski definition) is 4. The Morgan fingerprint density at radius 3 is 2.48 bits per heavy atom. The van der Waals surface area contributed by atoms with E-state index in [0.717, 1.165) is 25.0 Å². The minimum absolute atomic E-state index is 0.245. The summed E-state index contributed by atoms with van der Waals surface area (Å²) in [6, 6.07) is 8.56. The van der Waals surface area contributed by atoms with Crippen molar-refractivity contribution in [2.75, 3.05) is 18.5 Å². The largest absolute Gasteiger partial charge is 0.490 e. The first-order chi connectivity index (χ1) is 15.0. The second-order valence-electron chi connectivity index (χ2n) is 7.51. The molecule has 1 amide bonds. The van der Waals surface area contributed by atoms with Gasteiger partial charge in [-0.2, -0.15) is 5.10 Å². The van der Waals surface area contributed by atoms with Crippen LogP contribution in [0.3, 0.4) is 0 Å². The molecule has 0 radical (unpaired) electrons. The van der Waals surface area contributed by atoms with E-state index in [2.05, 4.69) is 10.4 Å². The molecule has 2 aliphatic rings. The third-order valence-corrected chi connectivity index (χ3v) is 6.09. The van der Waals surface area contributed by atoms with Crippen molar-refractivity contribution in [2.24, 2.45) is 0 Å². The third kappa shape index (κ3) is 4.07. The monoisotopic (exact) mass is 477 g/mol. The molecular formula is C22H18Cl3N3O3. The van der Waals surface area contributed by atoms with Crippen LogP contribution in [0.2, 0.25) is 15.1 Å². The number of nitrogens with one attached hydrogen (secondary N) is 1. The molecular weight excluding hydrogens is 461 g/mol. The molecule has 2 aromatic carbocycles. The van der Waals surface area contributed by atoms with E-state index in [-0.39, 0.29) is 11.8 Å². The van der Waals surface area contributed by atoms with Crippen molar-refractivity contribution in [1.82, 2.24) is 9.78 Å². The molecule has 160 valence electrons. The lowest BCUT2D eigenvalue weighted by Gasteiger charge is -2.13. The van der Waals surface area contributed by atoms with Crippen LogP contribution in [0, 0.1) is 0 Å². The third-order valence-electron chi connectivity index (χ3n) is 5.24. The summed E-state index contributed by atoms with van der Waals surface area (Å²) in [7, 11) is 0. The molecule has 1 aliphatic heterocycles. The highest BCUT2D eigenvalue weighted by Crippen LogP contribution is 2.44. The fraction of sp³-hybridized carbons (Fsp3) is 0.273. The van der Waals surface area contributed by atoms with Gasteiger partial charge in [0.05, 0.1) is 52.1 Å². The maximum absolute atomic E-state index is 13.2. The number of fused-ring (bicyclic) bond motifs is 1. The molecule has 5 rings (SSSR count). The smallest absolute Gasteiger partial charge is 0.259 e. The van der Waals surface area contributed by atoms with Gasteiger partial charge in [-0.3, -0.25) is 4.79 Å². The predicted octanol–water partition coefficient (Wildman–Crippen LogP) is 6.12. The molecule has 3 aromatic rings. The van der Waals surface area contributed by atoms with E-state index in [1.165, 1.54) is 0 Å². The van der Waals surface area contributed by atoms with Crippen LogP contribution in [-0.4, -0.2) is 28.9 Å². The van der Waals surface area contributed by atoms with Gasteiger partial charge in [-0.05, 0) is 31.0 Å². The Labute approximate surface area is 194 Å². The molecule has 1 aromatic heterocycles. The summed E-state index contributed by atoms with van der Waals surface area (Å²) in [6.07, 6.45) is 4.32. The fourth-order valence-corrected chi connectivity index (χ4v) is 4.29. The SMILES string of the molecule is O=C(Nc1cc2c(cc1Cl)OCCCO2)c1cnn(-c2ccc(Cl)cc2Cl)c1C1CC1. The van der Waals surface area contributed by atoms with Crippen molar-refractivity contribution in [3.05, 3.63) is 62.9 Å². The van der Waals surface area contributed by atoms with Gasteiger partial charge in [-0.1, -0.05) is 34.8 Å². The lowest BCUT2D eigenvalue weighted by molar-refractivity contribution is 0.102. The quantitative estimate of drug-likeness (QED) is 0.490. The summed E-state index contributed by atoms with van der Waals surface area (Å²) < 4.78 is 13.1. The zero-order valence-electron chi connectivity index (χ0n) is 16.3. The number of nitrogens with zero attached hydrogens (tertiary/aromatic N) is 2. The van der Waals surface area contributed by atoms with Gasteiger partial charge in [0.2, 0.25) is 0 Å². The van der Waals surface area contributed by atoms with Gasteiger partial charge in [0.1, 0.15) is 0 Å². The predicted molar refractivity (Wildman–Crippen MR) is 121 cm³/mol. The van der Waals surface area contributed by atoms with E-state index in [4.69, 9.17) is 44.3 Å². The summed E-state index contributed by atoms with van der Waals surface area (Å²) in [5.74, 6) is 1.08. The summed E-state index contributed by atoms with van der Waals surface area (Å²) in [6.45, 7) is 1.11. The van der Waals surface area contributed by atoms with Crippen LogP contribution < -0.4 is 14.8 Å². The van der Waals surface area contributed by atoms with E-state index >= 15 is 0 Å². The van der Waals surface area contributed by atoms with Crippen LogP contribution >= 0.6 is 34.8 Å². The molecule has 1 saturated carbocycles. The molecule has 0 unspecified atom stereocenters. The van der Waals surface area contributed by atoms with E-state index in [0.29, 0.717) is 56.7 Å². The van der Waals surface area contributed by atoms with Gasteiger partial charge in [-0.15, -0.1) is 0 Å². The molecule has 6 nitrogen and oxygen atoms in total. The molecule has 31 heavy (non-hydrogen) atoms. The van der Waals surface area contributed by atoms with Gasteiger partial charge in [-0.25, -0.2) is 4.68 Å². The molecule has 2 heterocycles. The molecule has 0 bridgehead atoms. The minimum Gasteiger partial charge on any atom is -0.490 e. The van der Waals surface area contributed by atoms with Crippen molar-refractivity contribution in [3.8, 4) is 17.2 Å². The molecule has 1 aliphatic carbocycles. The summed E-state index contributed by atoms with van der Waals surface area (Å²) in [5, 5.41) is 8.73. The normalized spacial score (nSPS) is 15.5. The van der Waals surface area contributed by atoms with Crippen LogP contribution in [0.15, 0.2) is 36.5 Å². The highest BCUT2D eigenvalue weighted by Gasteiger charge is 2.33. The van der Waals surface area contributed by atoms with Gasteiger partial charge in [0.15, 0.2) is 11.5 Å². The summed E-state index contributed by atoms with van der Waals surface area (Å²) in [4.78, 5) is 13.2. The molecule has 0 spiro atoms. The maximum atomic E-state index is 13.2. The first kappa shape index (κ1) is 20.5. The number of carbonyl (C=O) groups is 1. The van der Waals surface area contributed by atoms with Crippen LogP contribution in [0.4, 0.5) is 5.69 Å². The molecule has 1 N–H and O–H groups in total. The molecule has 0 atom stereocenters. The topological polar surface area (TPSA) is 65.4 Å². The number of amides is 1. The molecule has 1 fully saturated rings. The molecule has 0 saturated heterocycles. The minimum atomic E-state index is -0.297. The van der Waals surface area contributed by atoms with Gasteiger partial charge in [0.25, 0.3) is 5.91 Å². The van der Waals surface area contributed by atoms with E-state index in [9.17, 15) is 4.79 Å². The summed E-state index contributed by atoms with van der Waals surface area (Å²) >= 11 is 18.8. The van der Waals surface area contributed by atoms with Crippen LogP contribution in [0.1, 0.15) is 41.2 Å². The van der Waals surface area contributed by atoms with Crippen LogP contribution in [0.5, 0.6) is 11.5 Å². The van der Waals surface area contributed by atoms with Gasteiger partial charge < -0.3 is 14.8 Å². The van der Waals surface area contributed by atoms with Crippen LogP contribution in [-0.2, 0) is 0 Å². The van der Waals surface area contributed by atoms with Crippen molar-refractivity contribution in [3.63, 3.8) is 0 Å². The average molecular weight is 479 g/mol. The average Bonchev–Trinajstić information content (AvgIpc) is 3.52. The number of aromatic nitrogens is 2. The van der Waals surface area contributed by atoms with E-state index in [1.54, 1.807) is 41.2 Å². The van der Waals surface area contributed by atoms with Crippen molar-refractivity contribution in [1.29, 1.82) is 0 Å². The zero-order chi connectivity index (χ0) is 21.5. The summed E-state index contributed by atoms with van der Waals surface area (Å²) in [5.41, 5.74) is 2.44. The molecule has 9 heteroatoms. The highest BCUT2D eigenvalue weighted by molar-refractivity contribution is 6.36. The number of carbonyl (C=O) groups excluding carboxylic acids is 1. The Balaban J connectivity index is 1.48.